The molecular weight excluding hydrogens is 713 g/mol. The van der Waals surface area contributed by atoms with Gasteiger partial charge in [0, 0.05) is 21.1 Å². The van der Waals surface area contributed by atoms with E-state index in [2.05, 4.69) is 188 Å². The molecule has 6 rings (SSSR count). The molecule has 0 aromatic heterocycles. The maximum atomic E-state index is 5.25. The Kier molecular flexibility index (Phi) is 14.0. The van der Waals surface area contributed by atoms with Gasteiger partial charge in [0.15, 0.2) is 0 Å². The summed E-state index contributed by atoms with van der Waals surface area (Å²) in [4.78, 5) is 0. The average Bonchev–Trinajstić information content (AvgIpc) is 3.06. The molecule has 0 amide bonds. The summed E-state index contributed by atoms with van der Waals surface area (Å²) < 4.78 is 0. The van der Waals surface area contributed by atoms with Crippen LogP contribution in [0, 0.1) is 12.8 Å². The van der Waals surface area contributed by atoms with Crippen LogP contribution in [-0.4, -0.2) is 0 Å². The molecule has 0 aliphatic rings. The second-order valence-corrected chi connectivity index (χ2v) is 13.9. The van der Waals surface area contributed by atoms with Crippen molar-refractivity contribution in [2.24, 2.45) is 0 Å². The predicted molar refractivity (Wildman–Crippen MR) is 181 cm³/mol. The monoisotopic (exact) mass is 746 g/mol. The Morgan fingerprint density at radius 1 is 0.268 bits per heavy atom. The fourth-order valence-corrected chi connectivity index (χ4v) is 9.78. The third-order valence-corrected chi connectivity index (χ3v) is 11.8. The molecule has 0 unspecified atom stereocenters. The summed E-state index contributed by atoms with van der Waals surface area (Å²) in [6, 6.07) is 65.0. The molecule has 204 valence electrons. The molecule has 0 saturated carbocycles. The smallest absolute Gasteiger partial charge is 0.102 e. The van der Waals surface area contributed by atoms with Crippen LogP contribution < -0.4 is 31.8 Å². The first kappa shape index (κ1) is 31.9. The van der Waals surface area contributed by atoms with Crippen LogP contribution in [0.3, 0.4) is 0 Å². The minimum absolute atomic E-state index is 0. The fraction of sp³-hybridized carbons (Fsp3) is 0. The standard InChI is InChI=1S/2C18H15P.C2H.Pt/c2*1-4-10-16(11-5-1)19(17-12-6-2-7-13-17)18-14-8-3-9-15-18;1-2;/h2*1-15H;1H;/q;;-1;/p+2. The number of rotatable bonds is 6. The van der Waals surface area contributed by atoms with E-state index in [9.17, 15) is 0 Å². The van der Waals surface area contributed by atoms with Crippen LogP contribution in [-0.2, 0) is 21.1 Å². The Morgan fingerprint density at radius 3 is 0.512 bits per heavy atom. The predicted octanol–water partition coefficient (Wildman–Crippen LogP) is 6.56. The summed E-state index contributed by atoms with van der Waals surface area (Å²) in [6.07, 6.45) is 9.00. The van der Waals surface area contributed by atoms with Gasteiger partial charge in [-0.25, -0.2) is 0 Å². The molecule has 0 radical (unpaired) electrons. The summed E-state index contributed by atoms with van der Waals surface area (Å²) >= 11 is 0. The fourth-order valence-electron chi connectivity index (χ4n) is 4.63. The zero-order valence-electron chi connectivity index (χ0n) is 22.7. The topological polar surface area (TPSA) is 0 Å². The van der Waals surface area contributed by atoms with E-state index in [0.717, 1.165) is 0 Å². The molecule has 6 aromatic carbocycles. The Balaban J connectivity index is 0.000000208. The minimum Gasteiger partial charge on any atom is -0.697 e. The van der Waals surface area contributed by atoms with Gasteiger partial charge in [-0.05, 0) is 72.8 Å². The number of benzene rings is 6. The first-order valence-electron chi connectivity index (χ1n) is 13.3. The molecule has 0 N–H and O–H groups in total. The van der Waals surface area contributed by atoms with Crippen molar-refractivity contribution in [1.82, 2.24) is 0 Å². The van der Waals surface area contributed by atoms with Crippen molar-refractivity contribution >= 4 is 47.7 Å². The molecule has 0 heterocycles. The van der Waals surface area contributed by atoms with Crippen LogP contribution in [0.15, 0.2) is 182 Å². The molecule has 0 bridgehead atoms. The van der Waals surface area contributed by atoms with E-state index in [1.807, 2.05) is 0 Å². The van der Waals surface area contributed by atoms with E-state index in [-0.39, 0.29) is 21.1 Å². The first-order valence-corrected chi connectivity index (χ1v) is 16.3. The van der Waals surface area contributed by atoms with Crippen LogP contribution in [0.1, 0.15) is 0 Å². The summed E-state index contributed by atoms with van der Waals surface area (Å²) in [5.74, 6) is 0. The second-order valence-electron chi connectivity index (χ2n) is 8.95. The third kappa shape index (κ3) is 9.22. The molecule has 0 spiro atoms. The molecule has 6 aromatic rings. The first-order chi connectivity index (χ1) is 19.9. The molecule has 0 atom stereocenters. The van der Waals surface area contributed by atoms with E-state index >= 15 is 0 Å². The Bertz CT molecular complexity index is 1220. The average molecular weight is 747 g/mol. The second kappa shape index (κ2) is 18.0. The van der Waals surface area contributed by atoms with Crippen molar-refractivity contribution in [3.05, 3.63) is 188 Å². The van der Waals surface area contributed by atoms with Crippen molar-refractivity contribution < 1.29 is 21.1 Å². The number of hydrogen-bond acceptors (Lipinski definition) is 0. The van der Waals surface area contributed by atoms with E-state index in [1.165, 1.54) is 31.8 Å². The Hall–Kier alpha value is -3.57. The van der Waals surface area contributed by atoms with Gasteiger partial charge in [0.25, 0.3) is 0 Å². The molecule has 0 nitrogen and oxygen atoms in total. The number of hydrogen-bond donors (Lipinski definition) is 0. The van der Waals surface area contributed by atoms with Crippen LogP contribution >= 0.6 is 15.8 Å². The van der Waals surface area contributed by atoms with Crippen molar-refractivity contribution in [2.75, 3.05) is 0 Å². The maximum absolute atomic E-state index is 5.25. The molecule has 0 saturated heterocycles. The third-order valence-electron chi connectivity index (χ3n) is 6.37. The van der Waals surface area contributed by atoms with E-state index in [1.54, 1.807) is 0 Å². The van der Waals surface area contributed by atoms with Gasteiger partial charge >= 0.3 is 0 Å². The normalized spacial score (nSPS) is 9.85. The quantitative estimate of drug-likeness (QED) is 0.103. The SMILES string of the molecule is [C-]#C.[Pt].c1ccc([PH+](c2ccccc2)c2ccccc2)cc1.c1ccc([PH+](c2ccccc2)c2ccccc2)cc1. The molecule has 3 heteroatoms. The van der Waals surface area contributed by atoms with Gasteiger partial charge in [0.05, 0.1) is 15.8 Å². The minimum atomic E-state index is -0.877. The zero-order valence-corrected chi connectivity index (χ0v) is 27.0. The number of terminal acetylenes is 1. The van der Waals surface area contributed by atoms with Gasteiger partial charge in [-0.15, -0.1) is 0 Å². The summed E-state index contributed by atoms with van der Waals surface area (Å²) in [7, 11) is -1.75. The van der Waals surface area contributed by atoms with Crippen LogP contribution in [0.4, 0.5) is 0 Å². The Morgan fingerprint density at radius 2 is 0.390 bits per heavy atom. The summed E-state index contributed by atoms with van der Waals surface area (Å²) in [6.45, 7) is 0. The van der Waals surface area contributed by atoms with Crippen molar-refractivity contribution in [2.45, 2.75) is 0 Å². The zero-order chi connectivity index (χ0) is 27.8. The van der Waals surface area contributed by atoms with Gasteiger partial charge in [-0.2, -0.15) is 0 Å². The molecule has 0 aliphatic heterocycles. The van der Waals surface area contributed by atoms with Crippen LogP contribution in [0.5, 0.6) is 0 Å². The van der Waals surface area contributed by atoms with Crippen molar-refractivity contribution in [3.8, 4) is 6.42 Å². The molecule has 0 aliphatic carbocycles. The summed E-state index contributed by atoms with van der Waals surface area (Å²) in [5, 5.41) is 8.61. The Labute approximate surface area is 262 Å². The van der Waals surface area contributed by atoms with Gasteiger partial charge < -0.3 is 12.8 Å². The maximum Gasteiger partial charge on any atom is 0.102 e. The van der Waals surface area contributed by atoms with E-state index < -0.39 is 15.8 Å². The summed E-state index contributed by atoms with van der Waals surface area (Å²) in [5.41, 5.74) is 0. The van der Waals surface area contributed by atoms with Gasteiger partial charge in [-0.1, -0.05) is 109 Å². The van der Waals surface area contributed by atoms with E-state index in [0.29, 0.717) is 0 Å². The van der Waals surface area contributed by atoms with Gasteiger partial charge in [-0.3, -0.25) is 0 Å². The van der Waals surface area contributed by atoms with E-state index in [4.69, 9.17) is 6.42 Å². The molecular formula is C38H33P2Pt+. The van der Waals surface area contributed by atoms with Gasteiger partial charge in [0.1, 0.15) is 31.8 Å². The molecule has 0 fully saturated rings. The largest absolute Gasteiger partial charge is 0.697 e. The van der Waals surface area contributed by atoms with Gasteiger partial charge in [0.2, 0.25) is 0 Å². The molecule has 41 heavy (non-hydrogen) atoms. The van der Waals surface area contributed by atoms with Crippen molar-refractivity contribution in [3.63, 3.8) is 0 Å². The van der Waals surface area contributed by atoms with Crippen LogP contribution in [0.25, 0.3) is 0 Å². The van der Waals surface area contributed by atoms with Crippen LogP contribution in [0.2, 0.25) is 0 Å². The van der Waals surface area contributed by atoms with Crippen molar-refractivity contribution in [1.29, 1.82) is 0 Å².